The Kier molecular flexibility index (Phi) is 5.35. The molecule has 0 saturated carbocycles. The molecule has 0 aliphatic carbocycles. The van der Waals surface area contributed by atoms with Crippen LogP contribution in [0.15, 0.2) is 0 Å². The highest BCUT2D eigenvalue weighted by Crippen LogP contribution is 2.36. The van der Waals surface area contributed by atoms with E-state index in [0.29, 0.717) is 0 Å². The number of nitrogens with one attached hydrogen (secondary N) is 1. The van der Waals surface area contributed by atoms with Gasteiger partial charge in [0.25, 0.3) is 0 Å². The summed E-state index contributed by atoms with van der Waals surface area (Å²) in [5.74, 6) is -1.86. The predicted octanol–water partition coefficient (Wildman–Crippen LogP) is 1.96. The molecule has 0 aromatic rings. The Morgan fingerprint density at radius 1 is 1.11 bits per heavy atom. The van der Waals surface area contributed by atoms with E-state index < -0.39 is 28.8 Å². The summed E-state index contributed by atoms with van der Waals surface area (Å²) in [6.07, 6.45) is 0.284. The van der Waals surface area contributed by atoms with Crippen molar-refractivity contribution in [3.05, 3.63) is 0 Å². The fourth-order valence-corrected chi connectivity index (χ4v) is 2.28. The van der Waals surface area contributed by atoms with Gasteiger partial charge < -0.3 is 15.5 Å². The third-order valence-electron chi connectivity index (χ3n) is 3.00. The molecule has 3 N–H and O–H groups in total. The third kappa shape index (κ3) is 4.64. The molecule has 5 nitrogen and oxygen atoms in total. The first kappa shape index (κ1) is 16.9. The Balaban J connectivity index is 5.07. The molecule has 1 atom stereocenters. The first-order valence-corrected chi connectivity index (χ1v) is 6.12. The van der Waals surface area contributed by atoms with Gasteiger partial charge in [-0.2, -0.15) is 0 Å². The van der Waals surface area contributed by atoms with E-state index in [-0.39, 0.29) is 12.5 Å². The largest absolute Gasteiger partial charge is 0.481 e. The van der Waals surface area contributed by atoms with E-state index >= 15 is 0 Å². The number of hydrogen-bond donors (Lipinski definition) is 3. The molecule has 0 heterocycles. The van der Waals surface area contributed by atoms with Crippen molar-refractivity contribution in [2.24, 2.45) is 10.8 Å². The van der Waals surface area contributed by atoms with Gasteiger partial charge in [0.2, 0.25) is 0 Å². The van der Waals surface area contributed by atoms with E-state index in [1.54, 1.807) is 27.7 Å². The van der Waals surface area contributed by atoms with E-state index in [9.17, 15) is 14.7 Å². The zero-order valence-electron chi connectivity index (χ0n) is 12.1. The van der Waals surface area contributed by atoms with Gasteiger partial charge in [-0.05, 0) is 25.7 Å². The summed E-state index contributed by atoms with van der Waals surface area (Å²) in [7, 11) is 0. The minimum Gasteiger partial charge on any atom is -0.481 e. The second-order valence-electron chi connectivity index (χ2n) is 6.45. The summed E-state index contributed by atoms with van der Waals surface area (Å²) in [5.41, 5.74) is -1.60. The van der Waals surface area contributed by atoms with Crippen molar-refractivity contribution in [3.8, 4) is 0 Å². The van der Waals surface area contributed by atoms with Gasteiger partial charge in [-0.25, -0.2) is 0 Å². The Labute approximate surface area is 109 Å². The molecule has 106 valence electrons. The van der Waals surface area contributed by atoms with Crippen LogP contribution in [0.25, 0.3) is 0 Å². The summed E-state index contributed by atoms with van der Waals surface area (Å²) < 4.78 is 0. The van der Waals surface area contributed by atoms with Crippen molar-refractivity contribution in [2.75, 3.05) is 0 Å². The van der Waals surface area contributed by atoms with Crippen LogP contribution in [0.4, 0.5) is 0 Å². The van der Waals surface area contributed by atoms with Gasteiger partial charge in [0.15, 0.2) is 0 Å². The molecular formula is C13H25NO4. The Morgan fingerprint density at radius 2 is 1.56 bits per heavy atom. The molecule has 0 bridgehead atoms. The maximum atomic E-state index is 11.3. The van der Waals surface area contributed by atoms with Gasteiger partial charge >= 0.3 is 11.9 Å². The van der Waals surface area contributed by atoms with Crippen LogP contribution >= 0.6 is 0 Å². The molecule has 0 aliphatic heterocycles. The van der Waals surface area contributed by atoms with Crippen molar-refractivity contribution < 1.29 is 19.8 Å². The van der Waals surface area contributed by atoms with Crippen LogP contribution in [0.2, 0.25) is 0 Å². The Morgan fingerprint density at radius 3 is 1.83 bits per heavy atom. The van der Waals surface area contributed by atoms with E-state index in [2.05, 4.69) is 5.32 Å². The fraction of sp³-hybridized carbons (Fsp3) is 0.846. The van der Waals surface area contributed by atoms with Crippen LogP contribution in [-0.4, -0.2) is 34.2 Å². The average Bonchev–Trinajstić information content (AvgIpc) is 2.11. The first-order valence-electron chi connectivity index (χ1n) is 6.12. The van der Waals surface area contributed by atoms with Crippen molar-refractivity contribution >= 4 is 11.9 Å². The minimum atomic E-state index is -0.949. The molecule has 0 fully saturated rings. The molecule has 0 aromatic heterocycles. The number of aliphatic carboxylic acids is 2. The molecule has 0 aliphatic rings. The summed E-state index contributed by atoms with van der Waals surface area (Å²) in [5, 5.41) is 21.4. The average molecular weight is 259 g/mol. The lowest BCUT2D eigenvalue weighted by Gasteiger charge is -2.37. The Hall–Kier alpha value is -1.10. The zero-order valence-corrected chi connectivity index (χ0v) is 12.1. The highest BCUT2D eigenvalue weighted by atomic mass is 16.4. The van der Waals surface area contributed by atoms with Crippen molar-refractivity contribution in [1.82, 2.24) is 5.32 Å². The number of carbonyl (C=O) groups is 2. The molecule has 5 heteroatoms. The summed E-state index contributed by atoms with van der Waals surface area (Å²) in [6, 6.07) is -0.741. The van der Waals surface area contributed by atoms with Crippen molar-refractivity contribution in [3.63, 3.8) is 0 Å². The molecular weight excluding hydrogens is 234 g/mol. The van der Waals surface area contributed by atoms with Crippen LogP contribution in [0.3, 0.4) is 0 Å². The number of hydrogen-bond acceptors (Lipinski definition) is 3. The van der Waals surface area contributed by atoms with Crippen LogP contribution in [0.5, 0.6) is 0 Å². The molecule has 0 aromatic carbocycles. The lowest BCUT2D eigenvalue weighted by atomic mass is 9.71. The van der Waals surface area contributed by atoms with Gasteiger partial charge in [0.05, 0.1) is 5.41 Å². The monoisotopic (exact) mass is 259 g/mol. The summed E-state index contributed by atoms with van der Waals surface area (Å²) in [6.45, 7) is 10.5. The highest BCUT2D eigenvalue weighted by molar-refractivity contribution is 5.76. The molecule has 18 heavy (non-hydrogen) atoms. The van der Waals surface area contributed by atoms with Crippen molar-refractivity contribution in [2.45, 2.75) is 60.0 Å². The Bertz CT molecular complexity index is 321. The number of rotatable bonds is 7. The number of carboxylic acids is 2. The predicted molar refractivity (Wildman–Crippen MR) is 69.5 cm³/mol. The van der Waals surface area contributed by atoms with Crippen LogP contribution in [0, 0.1) is 10.8 Å². The van der Waals surface area contributed by atoms with E-state index in [1.807, 2.05) is 13.8 Å². The van der Waals surface area contributed by atoms with Crippen LogP contribution in [-0.2, 0) is 9.59 Å². The van der Waals surface area contributed by atoms with E-state index in [1.165, 1.54) is 0 Å². The zero-order chi connectivity index (χ0) is 14.7. The summed E-state index contributed by atoms with van der Waals surface area (Å²) in [4.78, 5) is 22.5. The molecule has 0 radical (unpaired) electrons. The second-order valence-corrected chi connectivity index (χ2v) is 6.45. The minimum absolute atomic E-state index is 0.0262. The fourth-order valence-electron chi connectivity index (χ4n) is 2.28. The van der Waals surface area contributed by atoms with Gasteiger partial charge in [0, 0.05) is 6.04 Å². The molecule has 0 spiro atoms. The molecule has 1 unspecified atom stereocenters. The SMILES string of the molecule is CC(C)NC(C(=O)O)C(C)(C)CC(C)(C)C(=O)O. The topological polar surface area (TPSA) is 86.6 Å². The van der Waals surface area contributed by atoms with Crippen molar-refractivity contribution in [1.29, 1.82) is 0 Å². The highest BCUT2D eigenvalue weighted by Gasteiger charge is 2.42. The number of carboxylic acid groups (broad SMARTS) is 2. The lowest BCUT2D eigenvalue weighted by Crippen LogP contribution is -2.52. The molecule has 0 rings (SSSR count). The second kappa shape index (κ2) is 5.69. The van der Waals surface area contributed by atoms with Gasteiger partial charge in [-0.3, -0.25) is 9.59 Å². The van der Waals surface area contributed by atoms with E-state index in [0.717, 1.165) is 0 Å². The quantitative estimate of drug-likeness (QED) is 0.650. The maximum absolute atomic E-state index is 11.3. The van der Waals surface area contributed by atoms with Gasteiger partial charge in [-0.1, -0.05) is 27.7 Å². The van der Waals surface area contributed by atoms with Crippen LogP contribution < -0.4 is 5.32 Å². The van der Waals surface area contributed by atoms with Crippen LogP contribution in [0.1, 0.15) is 48.0 Å². The summed E-state index contributed by atoms with van der Waals surface area (Å²) >= 11 is 0. The van der Waals surface area contributed by atoms with Gasteiger partial charge in [0.1, 0.15) is 6.04 Å². The van der Waals surface area contributed by atoms with Gasteiger partial charge in [-0.15, -0.1) is 0 Å². The third-order valence-corrected chi connectivity index (χ3v) is 3.00. The standard InChI is InChI=1S/C13H25NO4/c1-8(2)14-9(10(15)16)12(3,4)7-13(5,6)11(17)18/h8-9,14H,7H2,1-6H3,(H,15,16)(H,17,18). The molecule has 0 saturated heterocycles. The smallest absolute Gasteiger partial charge is 0.321 e. The lowest BCUT2D eigenvalue weighted by molar-refractivity contribution is -0.152. The molecule has 0 amide bonds. The first-order chi connectivity index (χ1) is 7.90. The van der Waals surface area contributed by atoms with E-state index in [4.69, 9.17) is 5.11 Å². The maximum Gasteiger partial charge on any atom is 0.321 e. The normalized spacial score (nSPS) is 14.6.